The average molecular weight is 347 g/mol. The van der Waals surface area contributed by atoms with Gasteiger partial charge in [-0.25, -0.2) is 0 Å². The first kappa shape index (κ1) is 18.0. The number of piperidine rings is 1. The zero-order chi connectivity index (χ0) is 16.1. The van der Waals surface area contributed by atoms with Crippen LogP contribution >= 0.6 is 23.2 Å². The van der Waals surface area contributed by atoms with Crippen molar-refractivity contribution in [2.75, 3.05) is 33.8 Å². The highest BCUT2D eigenvalue weighted by Crippen LogP contribution is 2.32. The molecule has 6 heteroatoms. The number of ether oxygens (including phenoxy) is 1. The molecule has 1 aliphatic rings. The van der Waals surface area contributed by atoms with Crippen molar-refractivity contribution in [2.24, 2.45) is 5.92 Å². The Labute approximate surface area is 142 Å². The van der Waals surface area contributed by atoms with E-state index in [1.165, 1.54) is 0 Å². The number of hydrogen-bond acceptors (Lipinski definition) is 4. The topological polar surface area (TPSA) is 53.5 Å². The zero-order valence-electron chi connectivity index (χ0n) is 13.0. The van der Waals surface area contributed by atoms with Crippen LogP contribution in [0.2, 0.25) is 10.0 Å². The molecular formula is C16H24Cl2N2O2. The summed E-state index contributed by atoms with van der Waals surface area (Å²) in [7, 11) is 3.60. The molecule has 1 aromatic rings. The number of aliphatic hydroxyl groups excluding tert-OH is 1. The second-order valence-electron chi connectivity index (χ2n) is 5.84. The van der Waals surface area contributed by atoms with Crippen LogP contribution in [-0.4, -0.2) is 51.1 Å². The SMILES string of the molecule is CNC[C@@H](c1ccc(Cl)c(Cl)c1)[C@@H](O)C1CNCC(OC)C1. The van der Waals surface area contributed by atoms with Crippen LogP contribution in [0.15, 0.2) is 18.2 Å². The number of aliphatic hydroxyl groups is 1. The summed E-state index contributed by atoms with van der Waals surface area (Å²) in [6.07, 6.45) is 0.527. The van der Waals surface area contributed by atoms with E-state index >= 15 is 0 Å². The van der Waals surface area contributed by atoms with Crippen molar-refractivity contribution in [3.05, 3.63) is 33.8 Å². The van der Waals surface area contributed by atoms with Gasteiger partial charge in [0.25, 0.3) is 0 Å². The van der Waals surface area contributed by atoms with Gasteiger partial charge in [0.1, 0.15) is 0 Å². The predicted molar refractivity (Wildman–Crippen MR) is 90.9 cm³/mol. The highest BCUT2D eigenvalue weighted by atomic mass is 35.5. The van der Waals surface area contributed by atoms with Gasteiger partial charge in [0.05, 0.1) is 22.3 Å². The quantitative estimate of drug-likeness (QED) is 0.739. The van der Waals surface area contributed by atoms with Crippen LogP contribution in [-0.2, 0) is 4.74 Å². The molecule has 0 aliphatic carbocycles. The normalized spacial score (nSPS) is 25.0. The Bertz CT molecular complexity index is 487. The molecular weight excluding hydrogens is 323 g/mol. The molecule has 2 unspecified atom stereocenters. The summed E-state index contributed by atoms with van der Waals surface area (Å²) in [6, 6.07) is 5.56. The number of nitrogens with one attached hydrogen (secondary N) is 2. The smallest absolute Gasteiger partial charge is 0.0699 e. The number of likely N-dealkylation sites (N-methyl/N-ethyl adjacent to an activating group) is 1. The van der Waals surface area contributed by atoms with Crippen molar-refractivity contribution in [1.82, 2.24) is 10.6 Å². The zero-order valence-corrected chi connectivity index (χ0v) is 14.5. The lowest BCUT2D eigenvalue weighted by Gasteiger charge is -2.36. The van der Waals surface area contributed by atoms with Crippen LogP contribution < -0.4 is 10.6 Å². The van der Waals surface area contributed by atoms with Crippen molar-refractivity contribution >= 4 is 23.2 Å². The molecule has 1 heterocycles. The lowest BCUT2D eigenvalue weighted by atomic mass is 9.81. The van der Waals surface area contributed by atoms with Crippen molar-refractivity contribution in [3.8, 4) is 0 Å². The fraction of sp³-hybridized carbons (Fsp3) is 0.625. The molecule has 1 saturated heterocycles. The fourth-order valence-electron chi connectivity index (χ4n) is 3.10. The predicted octanol–water partition coefficient (Wildman–Crippen LogP) is 2.28. The first-order valence-electron chi connectivity index (χ1n) is 7.58. The maximum absolute atomic E-state index is 10.9. The van der Waals surface area contributed by atoms with Gasteiger partial charge in [-0.2, -0.15) is 0 Å². The third-order valence-electron chi connectivity index (χ3n) is 4.37. The van der Waals surface area contributed by atoms with Gasteiger partial charge in [-0.15, -0.1) is 0 Å². The molecule has 1 aliphatic heterocycles. The van der Waals surface area contributed by atoms with Crippen LogP contribution in [0.1, 0.15) is 17.9 Å². The van der Waals surface area contributed by atoms with E-state index in [2.05, 4.69) is 10.6 Å². The molecule has 0 aromatic heterocycles. The van der Waals surface area contributed by atoms with Crippen LogP contribution in [0.25, 0.3) is 0 Å². The van der Waals surface area contributed by atoms with Gasteiger partial charge in [0, 0.05) is 38.6 Å². The Morgan fingerprint density at radius 3 is 2.77 bits per heavy atom. The van der Waals surface area contributed by atoms with Gasteiger partial charge in [-0.3, -0.25) is 0 Å². The molecule has 1 fully saturated rings. The summed E-state index contributed by atoms with van der Waals surface area (Å²) < 4.78 is 5.42. The summed E-state index contributed by atoms with van der Waals surface area (Å²) >= 11 is 12.1. The van der Waals surface area contributed by atoms with Gasteiger partial charge in [-0.1, -0.05) is 29.3 Å². The molecule has 124 valence electrons. The Morgan fingerprint density at radius 1 is 1.36 bits per heavy atom. The Morgan fingerprint density at radius 2 is 2.14 bits per heavy atom. The van der Waals surface area contributed by atoms with Gasteiger partial charge in [-0.05, 0) is 31.2 Å². The lowest BCUT2D eigenvalue weighted by Crippen LogP contribution is -2.47. The molecule has 4 atom stereocenters. The number of rotatable bonds is 6. The number of benzene rings is 1. The molecule has 0 amide bonds. The fourth-order valence-corrected chi connectivity index (χ4v) is 3.41. The van der Waals surface area contributed by atoms with E-state index in [1.54, 1.807) is 13.2 Å². The summed E-state index contributed by atoms with van der Waals surface area (Å²) in [6.45, 7) is 2.30. The van der Waals surface area contributed by atoms with Crippen molar-refractivity contribution in [2.45, 2.75) is 24.5 Å². The van der Waals surface area contributed by atoms with E-state index in [9.17, 15) is 5.11 Å². The molecule has 1 aromatic carbocycles. The number of halogens is 2. The molecule has 2 rings (SSSR count). The third kappa shape index (κ3) is 4.34. The summed E-state index contributed by atoms with van der Waals surface area (Å²) in [5, 5.41) is 18.4. The van der Waals surface area contributed by atoms with E-state index < -0.39 is 6.10 Å². The maximum Gasteiger partial charge on any atom is 0.0699 e. The van der Waals surface area contributed by atoms with Crippen LogP contribution in [0.5, 0.6) is 0 Å². The number of hydrogen-bond donors (Lipinski definition) is 3. The Balaban J connectivity index is 2.16. The minimum absolute atomic E-state index is 0.0397. The molecule has 0 bridgehead atoms. The summed E-state index contributed by atoms with van der Waals surface area (Å²) in [5.74, 6) is 0.105. The summed E-state index contributed by atoms with van der Waals surface area (Å²) in [4.78, 5) is 0. The van der Waals surface area contributed by atoms with Crippen LogP contribution in [0.4, 0.5) is 0 Å². The lowest BCUT2D eigenvalue weighted by molar-refractivity contribution is 0.00649. The Hall–Kier alpha value is -0.360. The molecule has 0 spiro atoms. The van der Waals surface area contributed by atoms with Crippen molar-refractivity contribution in [1.29, 1.82) is 0 Å². The largest absolute Gasteiger partial charge is 0.392 e. The second kappa shape index (κ2) is 8.48. The minimum atomic E-state index is -0.477. The minimum Gasteiger partial charge on any atom is -0.392 e. The van der Waals surface area contributed by atoms with E-state index in [0.29, 0.717) is 16.6 Å². The first-order valence-corrected chi connectivity index (χ1v) is 8.33. The van der Waals surface area contributed by atoms with Crippen molar-refractivity contribution < 1.29 is 9.84 Å². The van der Waals surface area contributed by atoms with E-state index in [0.717, 1.165) is 25.1 Å². The van der Waals surface area contributed by atoms with Gasteiger partial charge in [0.2, 0.25) is 0 Å². The monoisotopic (exact) mass is 346 g/mol. The summed E-state index contributed by atoms with van der Waals surface area (Å²) in [5.41, 5.74) is 0.996. The standard InChI is InChI=1S/C16H24Cl2N2O2/c1-19-9-13(10-3-4-14(17)15(18)6-10)16(21)11-5-12(22-2)8-20-7-11/h3-4,6,11-13,16,19-21H,5,7-9H2,1-2H3/t11?,12?,13-,16-/m0/s1. The molecule has 0 saturated carbocycles. The highest BCUT2D eigenvalue weighted by Gasteiger charge is 2.32. The first-order chi connectivity index (χ1) is 10.6. The van der Waals surface area contributed by atoms with E-state index in [4.69, 9.17) is 27.9 Å². The van der Waals surface area contributed by atoms with Crippen molar-refractivity contribution in [3.63, 3.8) is 0 Å². The van der Waals surface area contributed by atoms with E-state index in [-0.39, 0.29) is 17.9 Å². The molecule has 4 nitrogen and oxygen atoms in total. The molecule has 0 radical (unpaired) electrons. The van der Waals surface area contributed by atoms with Crippen LogP contribution in [0.3, 0.4) is 0 Å². The van der Waals surface area contributed by atoms with Gasteiger partial charge >= 0.3 is 0 Å². The maximum atomic E-state index is 10.9. The van der Waals surface area contributed by atoms with Gasteiger partial charge < -0.3 is 20.5 Å². The number of methoxy groups -OCH3 is 1. The third-order valence-corrected chi connectivity index (χ3v) is 5.11. The van der Waals surface area contributed by atoms with Gasteiger partial charge in [0.15, 0.2) is 0 Å². The average Bonchev–Trinajstić information content (AvgIpc) is 2.54. The molecule has 22 heavy (non-hydrogen) atoms. The highest BCUT2D eigenvalue weighted by molar-refractivity contribution is 6.42. The second-order valence-corrected chi connectivity index (χ2v) is 6.65. The Kier molecular flexibility index (Phi) is 6.93. The van der Waals surface area contributed by atoms with Crippen LogP contribution in [0, 0.1) is 5.92 Å². The molecule has 3 N–H and O–H groups in total. The van der Waals surface area contributed by atoms with E-state index in [1.807, 2.05) is 19.2 Å².